The molecule has 0 aliphatic carbocycles. The maximum atomic E-state index is 6.72. The molecule has 0 saturated carbocycles. The number of fused-ring (bicyclic) bond motifs is 5. The largest absolute Gasteiger partial charge is 0.457 e. The van der Waals surface area contributed by atoms with Crippen LogP contribution in [0.5, 0.6) is 11.5 Å². The topological polar surface area (TPSA) is 9.23 Å². The highest BCUT2D eigenvalue weighted by Crippen LogP contribution is 2.55. The third kappa shape index (κ3) is 4.75. The van der Waals surface area contributed by atoms with Crippen molar-refractivity contribution in [3.8, 4) is 44.9 Å². The second kappa shape index (κ2) is 12.0. The van der Waals surface area contributed by atoms with Crippen molar-refractivity contribution < 1.29 is 4.74 Å². The highest BCUT2D eigenvalue weighted by Gasteiger charge is 2.45. The number of thiophene rings is 1. The average Bonchev–Trinajstić information content (AvgIpc) is 3.60. The fourth-order valence-electron chi connectivity index (χ4n) is 8.10. The summed E-state index contributed by atoms with van der Waals surface area (Å²) in [6.45, 7) is 0. The molecule has 1 aliphatic rings. The first-order chi connectivity index (χ1) is 25.3. The third-order valence-electron chi connectivity index (χ3n) is 10.5. The van der Waals surface area contributed by atoms with Crippen LogP contribution in [0.15, 0.2) is 194 Å². The first-order valence-corrected chi connectivity index (χ1v) is 18.2. The molecule has 2 heteroatoms. The van der Waals surface area contributed by atoms with Crippen LogP contribution in [0.3, 0.4) is 0 Å². The minimum atomic E-state index is -0.511. The molecule has 0 amide bonds. The summed E-state index contributed by atoms with van der Waals surface area (Å²) in [7, 11) is 0. The van der Waals surface area contributed by atoms with Gasteiger partial charge in [0.25, 0.3) is 0 Å². The van der Waals surface area contributed by atoms with Gasteiger partial charge in [0.15, 0.2) is 0 Å². The lowest BCUT2D eigenvalue weighted by molar-refractivity contribution is 0.435. The van der Waals surface area contributed by atoms with Gasteiger partial charge in [-0.1, -0.05) is 170 Å². The minimum Gasteiger partial charge on any atom is -0.457 e. The lowest BCUT2D eigenvalue weighted by Crippen LogP contribution is -2.34. The molecule has 9 aromatic rings. The Balaban J connectivity index is 1.01. The Morgan fingerprint density at radius 2 is 0.902 bits per heavy atom. The highest BCUT2D eigenvalue weighted by molar-refractivity contribution is 7.25. The molecular formula is C49H32OS. The van der Waals surface area contributed by atoms with Gasteiger partial charge in [-0.25, -0.2) is 0 Å². The zero-order valence-electron chi connectivity index (χ0n) is 27.8. The Hall–Kier alpha value is -6.22. The van der Waals surface area contributed by atoms with E-state index >= 15 is 0 Å². The van der Waals surface area contributed by atoms with E-state index in [2.05, 4.69) is 194 Å². The van der Waals surface area contributed by atoms with Gasteiger partial charge in [0.2, 0.25) is 0 Å². The zero-order valence-corrected chi connectivity index (χ0v) is 28.6. The Labute approximate surface area is 301 Å². The van der Waals surface area contributed by atoms with E-state index in [1.165, 1.54) is 53.6 Å². The number of benzene rings is 8. The molecule has 10 rings (SSSR count). The number of ether oxygens (including phenoxy) is 1. The predicted octanol–water partition coefficient (Wildman–Crippen LogP) is 13.5. The van der Waals surface area contributed by atoms with Crippen molar-refractivity contribution in [3.05, 3.63) is 216 Å². The van der Waals surface area contributed by atoms with E-state index in [-0.39, 0.29) is 0 Å². The molecule has 0 atom stereocenters. The number of hydrogen-bond acceptors (Lipinski definition) is 2. The van der Waals surface area contributed by atoms with Gasteiger partial charge in [-0.3, -0.25) is 0 Å². The maximum Gasteiger partial charge on any atom is 0.132 e. The average molecular weight is 669 g/mol. The van der Waals surface area contributed by atoms with Gasteiger partial charge in [-0.2, -0.15) is 0 Å². The van der Waals surface area contributed by atoms with Crippen molar-refractivity contribution in [1.82, 2.24) is 0 Å². The minimum absolute atomic E-state index is 0.511. The first-order valence-electron chi connectivity index (χ1n) is 17.4. The first kappa shape index (κ1) is 29.7. The van der Waals surface area contributed by atoms with E-state index in [0.29, 0.717) is 0 Å². The molecular weight excluding hydrogens is 637 g/mol. The van der Waals surface area contributed by atoms with Gasteiger partial charge in [-0.05, 0) is 68.8 Å². The normalized spacial score (nSPS) is 13.0. The molecule has 0 unspecified atom stereocenters. The molecule has 1 aliphatic heterocycles. The van der Waals surface area contributed by atoms with Crippen molar-refractivity contribution in [2.24, 2.45) is 0 Å². The zero-order chi connectivity index (χ0) is 33.8. The van der Waals surface area contributed by atoms with Crippen LogP contribution in [0.2, 0.25) is 0 Å². The maximum absolute atomic E-state index is 6.72. The molecule has 0 N–H and O–H groups in total. The molecule has 0 bridgehead atoms. The second-order valence-corrected chi connectivity index (χ2v) is 14.3. The molecule has 240 valence electrons. The van der Waals surface area contributed by atoms with E-state index in [1.54, 1.807) is 0 Å². The Morgan fingerprint density at radius 3 is 1.61 bits per heavy atom. The molecule has 0 spiro atoms. The fourth-order valence-corrected chi connectivity index (χ4v) is 9.23. The van der Waals surface area contributed by atoms with Gasteiger partial charge in [0, 0.05) is 31.3 Å². The molecule has 0 saturated heterocycles. The predicted molar refractivity (Wildman–Crippen MR) is 214 cm³/mol. The molecule has 8 aromatic carbocycles. The highest BCUT2D eigenvalue weighted by atomic mass is 32.1. The summed E-state index contributed by atoms with van der Waals surface area (Å²) in [6.07, 6.45) is 0. The number of rotatable bonds is 5. The molecule has 0 radical (unpaired) electrons. The summed E-state index contributed by atoms with van der Waals surface area (Å²) < 4.78 is 9.39. The van der Waals surface area contributed by atoms with E-state index in [0.717, 1.165) is 33.8 Å². The fraction of sp³-hybridized carbons (Fsp3) is 0.0204. The molecule has 1 nitrogen and oxygen atoms in total. The van der Waals surface area contributed by atoms with Crippen LogP contribution in [-0.2, 0) is 5.41 Å². The van der Waals surface area contributed by atoms with Gasteiger partial charge in [0.1, 0.15) is 11.5 Å². The summed E-state index contributed by atoms with van der Waals surface area (Å²) >= 11 is 1.86. The SMILES string of the molecule is c1ccc(C2(c3ccccc3)c3ccccc3Oc3cc(-c4ccc(-c5ccc(-c6cccc7sc8ccccc8c67)cc5)cc4)ccc32)cc1. The smallest absolute Gasteiger partial charge is 0.132 e. The third-order valence-corrected chi connectivity index (χ3v) is 11.6. The van der Waals surface area contributed by atoms with E-state index < -0.39 is 5.41 Å². The summed E-state index contributed by atoms with van der Waals surface area (Å²) in [6, 6.07) is 70.1. The van der Waals surface area contributed by atoms with Gasteiger partial charge < -0.3 is 4.74 Å². The summed E-state index contributed by atoms with van der Waals surface area (Å²) in [4.78, 5) is 0. The Morgan fingerprint density at radius 1 is 0.373 bits per heavy atom. The van der Waals surface area contributed by atoms with Crippen molar-refractivity contribution in [2.75, 3.05) is 0 Å². The summed E-state index contributed by atoms with van der Waals surface area (Å²) in [5, 5.41) is 2.67. The van der Waals surface area contributed by atoms with Crippen LogP contribution in [-0.4, -0.2) is 0 Å². The Bertz CT molecular complexity index is 2650. The van der Waals surface area contributed by atoms with Crippen LogP contribution in [0.1, 0.15) is 22.3 Å². The molecule has 2 heterocycles. The summed E-state index contributed by atoms with van der Waals surface area (Å²) in [5.41, 5.74) is 11.4. The van der Waals surface area contributed by atoms with Crippen LogP contribution in [0.25, 0.3) is 53.6 Å². The molecule has 0 fully saturated rings. The van der Waals surface area contributed by atoms with Crippen LogP contribution in [0.4, 0.5) is 0 Å². The molecule has 51 heavy (non-hydrogen) atoms. The number of para-hydroxylation sites is 1. The van der Waals surface area contributed by atoms with Gasteiger partial charge in [0.05, 0.1) is 5.41 Å². The van der Waals surface area contributed by atoms with Crippen molar-refractivity contribution in [3.63, 3.8) is 0 Å². The van der Waals surface area contributed by atoms with Crippen LogP contribution < -0.4 is 4.74 Å². The summed E-state index contributed by atoms with van der Waals surface area (Å²) in [5.74, 6) is 1.77. The van der Waals surface area contributed by atoms with E-state index in [1.807, 2.05) is 11.3 Å². The second-order valence-electron chi connectivity index (χ2n) is 13.2. The molecule has 1 aromatic heterocycles. The van der Waals surface area contributed by atoms with Crippen molar-refractivity contribution in [1.29, 1.82) is 0 Å². The Kier molecular flexibility index (Phi) is 6.97. The van der Waals surface area contributed by atoms with Gasteiger partial charge >= 0.3 is 0 Å². The number of hydrogen-bond donors (Lipinski definition) is 0. The van der Waals surface area contributed by atoms with E-state index in [4.69, 9.17) is 4.74 Å². The van der Waals surface area contributed by atoms with Crippen molar-refractivity contribution >= 4 is 31.5 Å². The lowest BCUT2D eigenvalue weighted by Gasteiger charge is -2.41. The lowest BCUT2D eigenvalue weighted by atomic mass is 9.63. The van der Waals surface area contributed by atoms with Crippen LogP contribution >= 0.6 is 11.3 Å². The van der Waals surface area contributed by atoms with Crippen LogP contribution in [0, 0.1) is 0 Å². The van der Waals surface area contributed by atoms with Crippen molar-refractivity contribution in [2.45, 2.75) is 5.41 Å². The monoisotopic (exact) mass is 668 g/mol. The quantitative estimate of drug-likeness (QED) is 0.177. The standard InChI is InChI=1S/C49H32OS/c1-3-12-38(13-4-1)49(39-14-5-2-6-15-39)42-18-8-9-19-44(42)50-45-32-37(30-31-43(45)49)35-24-22-33(23-25-35)34-26-28-36(29-27-34)40-17-11-21-47-48(40)41-16-7-10-20-46(41)51-47/h1-32H. The van der Waals surface area contributed by atoms with Gasteiger partial charge in [-0.15, -0.1) is 11.3 Å². The van der Waals surface area contributed by atoms with E-state index in [9.17, 15) is 0 Å².